The highest BCUT2D eigenvalue weighted by molar-refractivity contribution is 5.88. The molecule has 0 saturated heterocycles. The number of aliphatic hydroxyl groups is 1. The molecule has 148 valence electrons. The number of nitrogens with one attached hydrogen (secondary N) is 1. The summed E-state index contributed by atoms with van der Waals surface area (Å²) in [4.78, 5) is 0. The van der Waals surface area contributed by atoms with Gasteiger partial charge in [-0.15, -0.1) is 0 Å². The molecular formula is C22H23F3N2O. The zero-order chi connectivity index (χ0) is 19.7. The number of hydrogen-bond donors (Lipinski definition) is 2. The molecule has 1 aliphatic heterocycles. The summed E-state index contributed by atoms with van der Waals surface area (Å²) in [5.74, 6) is 0. The molecular weight excluding hydrogens is 365 g/mol. The Morgan fingerprint density at radius 3 is 2.61 bits per heavy atom. The second-order valence-electron chi connectivity index (χ2n) is 7.37. The first kappa shape index (κ1) is 19.0. The fraction of sp³-hybridized carbons (Fsp3) is 0.364. The molecule has 0 aliphatic carbocycles. The first-order valence-electron chi connectivity index (χ1n) is 9.56. The van der Waals surface area contributed by atoms with E-state index in [4.69, 9.17) is 0 Å². The lowest BCUT2D eigenvalue weighted by Crippen LogP contribution is -2.31. The summed E-state index contributed by atoms with van der Waals surface area (Å²) in [6.07, 6.45) is -1.19. The highest BCUT2D eigenvalue weighted by Crippen LogP contribution is 2.40. The summed E-state index contributed by atoms with van der Waals surface area (Å²) < 4.78 is 43.9. The van der Waals surface area contributed by atoms with Gasteiger partial charge in [0.05, 0.1) is 11.1 Å². The van der Waals surface area contributed by atoms with Crippen molar-refractivity contribution in [3.8, 4) is 0 Å². The average molecular weight is 388 g/mol. The minimum absolute atomic E-state index is 0.0371. The summed E-state index contributed by atoms with van der Waals surface area (Å²) in [6, 6.07) is 13.0. The Bertz CT molecular complexity index is 963. The van der Waals surface area contributed by atoms with Crippen molar-refractivity contribution in [3.63, 3.8) is 0 Å². The quantitative estimate of drug-likeness (QED) is 0.684. The molecule has 1 aromatic heterocycles. The van der Waals surface area contributed by atoms with Crippen molar-refractivity contribution in [2.24, 2.45) is 0 Å². The van der Waals surface area contributed by atoms with E-state index in [1.807, 2.05) is 34.9 Å². The van der Waals surface area contributed by atoms with Crippen molar-refractivity contribution < 1.29 is 18.3 Å². The topological polar surface area (TPSA) is 37.2 Å². The fourth-order valence-electron chi connectivity index (χ4n) is 4.20. The van der Waals surface area contributed by atoms with E-state index < -0.39 is 11.7 Å². The summed E-state index contributed by atoms with van der Waals surface area (Å²) in [5.41, 5.74) is 2.40. The summed E-state index contributed by atoms with van der Waals surface area (Å²) >= 11 is 0. The maximum atomic E-state index is 14.0. The number of halogens is 3. The largest absolute Gasteiger partial charge is 0.417 e. The van der Waals surface area contributed by atoms with Gasteiger partial charge in [0.25, 0.3) is 0 Å². The number of nitrogens with zero attached hydrogens (tertiary/aromatic N) is 1. The molecule has 0 amide bonds. The molecule has 0 fully saturated rings. The smallest absolute Gasteiger partial charge is 0.396 e. The SMILES string of the molecule is OCCC1Cn2ccc3c(C(F)(F)F)c(CCc4ccccc4)cc(c32)CN1. The number of aliphatic hydroxyl groups excluding tert-OH is 1. The molecule has 28 heavy (non-hydrogen) atoms. The number of hydrogen-bond acceptors (Lipinski definition) is 2. The van der Waals surface area contributed by atoms with Crippen molar-refractivity contribution >= 4 is 10.9 Å². The van der Waals surface area contributed by atoms with Crippen LogP contribution >= 0.6 is 0 Å². The molecule has 2 N–H and O–H groups in total. The van der Waals surface area contributed by atoms with Crippen molar-refractivity contribution in [1.29, 1.82) is 0 Å². The van der Waals surface area contributed by atoms with Crippen LogP contribution in [0.2, 0.25) is 0 Å². The summed E-state index contributed by atoms with van der Waals surface area (Å²) in [5, 5.41) is 12.9. The summed E-state index contributed by atoms with van der Waals surface area (Å²) in [7, 11) is 0. The maximum Gasteiger partial charge on any atom is 0.417 e. The highest BCUT2D eigenvalue weighted by Gasteiger charge is 2.37. The van der Waals surface area contributed by atoms with Crippen LogP contribution in [0.4, 0.5) is 13.2 Å². The molecule has 0 spiro atoms. The summed E-state index contributed by atoms with van der Waals surface area (Å²) in [6.45, 7) is 1.11. The second kappa shape index (κ2) is 7.60. The van der Waals surface area contributed by atoms with Crippen LogP contribution in [-0.4, -0.2) is 22.3 Å². The van der Waals surface area contributed by atoms with Crippen LogP contribution in [0.25, 0.3) is 10.9 Å². The van der Waals surface area contributed by atoms with Crippen LogP contribution in [0.5, 0.6) is 0 Å². The molecule has 4 rings (SSSR count). The number of benzene rings is 2. The Morgan fingerprint density at radius 1 is 1.11 bits per heavy atom. The normalized spacial score (nSPS) is 17.1. The monoisotopic (exact) mass is 388 g/mol. The Kier molecular flexibility index (Phi) is 5.17. The minimum atomic E-state index is -4.40. The van der Waals surface area contributed by atoms with E-state index in [2.05, 4.69) is 5.32 Å². The third-order valence-corrected chi connectivity index (χ3v) is 5.49. The maximum absolute atomic E-state index is 14.0. The molecule has 1 aliphatic rings. The molecule has 0 bridgehead atoms. The van der Waals surface area contributed by atoms with Gasteiger partial charge in [-0.3, -0.25) is 0 Å². The Morgan fingerprint density at radius 2 is 1.89 bits per heavy atom. The molecule has 1 atom stereocenters. The van der Waals surface area contributed by atoms with Crippen LogP contribution in [0, 0.1) is 0 Å². The van der Waals surface area contributed by atoms with Crippen LogP contribution in [-0.2, 0) is 32.1 Å². The van der Waals surface area contributed by atoms with Gasteiger partial charge in [0.1, 0.15) is 0 Å². The average Bonchev–Trinajstić information content (AvgIpc) is 2.98. The van der Waals surface area contributed by atoms with Crippen molar-refractivity contribution in [1.82, 2.24) is 9.88 Å². The van der Waals surface area contributed by atoms with Gasteiger partial charge in [-0.05, 0) is 42.0 Å². The van der Waals surface area contributed by atoms with Gasteiger partial charge in [-0.1, -0.05) is 36.4 Å². The number of alkyl halides is 3. The van der Waals surface area contributed by atoms with Crippen LogP contribution in [0.15, 0.2) is 48.7 Å². The van der Waals surface area contributed by atoms with Crippen molar-refractivity contribution in [3.05, 3.63) is 70.9 Å². The van der Waals surface area contributed by atoms with Crippen LogP contribution in [0.3, 0.4) is 0 Å². The van der Waals surface area contributed by atoms with E-state index in [1.54, 1.807) is 18.3 Å². The number of rotatable bonds is 5. The van der Waals surface area contributed by atoms with E-state index in [-0.39, 0.29) is 18.0 Å². The van der Waals surface area contributed by atoms with E-state index in [1.165, 1.54) is 0 Å². The van der Waals surface area contributed by atoms with Gasteiger partial charge in [-0.2, -0.15) is 13.2 Å². The lowest BCUT2D eigenvalue weighted by Gasteiger charge is -2.17. The first-order valence-corrected chi connectivity index (χ1v) is 9.56. The van der Waals surface area contributed by atoms with Crippen LogP contribution in [0.1, 0.15) is 28.7 Å². The van der Waals surface area contributed by atoms with Gasteiger partial charge in [-0.25, -0.2) is 0 Å². The zero-order valence-electron chi connectivity index (χ0n) is 15.5. The van der Waals surface area contributed by atoms with Gasteiger partial charge in [0, 0.05) is 37.3 Å². The Balaban J connectivity index is 1.77. The van der Waals surface area contributed by atoms with Gasteiger partial charge >= 0.3 is 6.18 Å². The standard InChI is InChI=1S/C22H23F3N2O/c23-22(24,25)20-16(7-6-15-4-2-1-3-5-15)12-17-13-26-18(9-11-28)14-27-10-8-19(20)21(17)27/h1-5,8,10,12,18,26,28H,6-7,9,11,13-14H2. The third kappa shape index (κ3) is 3.66. The molecule has 0 saturated carbocycles. The molecule has 2 heterocycles. The number of aryl methyl sites for hydroxylation is 2. The molecule has 0 radical (unpaired) electrons. The number of aromatic nitrogens is 1. The lowest BCUT2D eigenvalue weighted by molar-refractivity contribution is -0.136. The molecule has 1 unspecified atom stereocenters. The van der Waals surface area contributed by atoms with Gasteiger partial charge in [0.15, 0.2) is 0 Å². The van der Waals surface area contributed by atoms with Crippen molar-refractivity contribution in [2.45, 2.75) is 44.6 Å². The Hall–Kier alpha value is -2.31. The van der Waals surface area contributed by atoms with E-state index in [9.17, 15) is 18.3 Å². The first-order chi connectivity index (χ1) is 13.5. The molecule has 2 aromatic carbocycles. The molecule has 3 aromatic rings. The molecule has 3 nitrogen and oxygen atoms in total. The predicted octanol–water partition coefficient (Wildman–Crippen LogP) is 4.30. The van der Waals surface area contributed by atoms with Crippen molar-refractivity contribution in [2.75, 3.05) is 6.61 Å². The lowest BCUT2D eigenvalue weighted by atomic mass is 9.94. The predicted molar refractivity (Wildman–Crippen MR) is 103 cm³/mol. The second-order valence-corrected chi connectivity index (χ2v) is 7.37. The highest BCUT2D eigenvalue weighted by atomic mass is 19.4. The zero-order valence-corrected chi connectivity index (χ0v) is 15.5. The molecule has 6 heteroatoms. The van der Waals surface area contributed by atoms with Gasteiger partial charge < -0.3 is 15.0 Å². The minimum Gasteiger partial charge on any atom is -0.396 e. The van der Waals surface area contributed by atoms with Gasteiger partial charge in [0.2, 0.25) is 0 Å². The van der Waals surface area contributed by atoms with Crippen LogP contribution < -0.4 is 5.32 Å². The fourth-order valence-corrected chi connectivity index (χ4v) is 4.20. The van der Waals surface area contributed by atoms with E-state index in [0.717, 1.165) is 11.1 Å². The van der Waals surface area contributed by atoms with E-state index in [0.29, 0.717) is 43.4 Å². The third-order valence-electron chi connectivity index (χ3n) is 5.49. The van der Waals surface area contributed by atoms with E-state index >= 15 is 0 Å². The Labute approximate surface area is 161 Å².